The second kappa shape index (κ2) is 13.9. The molecule has 0 saturated carbocycles. The Kier molecular flexibility index (Phi) is 9.80. The van der Waals surface area contributed by atoms with E-state index in [0.29, 0.717) is 11.5 Å². The Morgan fingerprint density at radius 2 is 1.44 bits per heavy atom. The van der Waals surface area contributed by atoms with Crippen molar-refractivity contribution in [3.8, 4) is 17.6 Å². The predicted octanol–water partition coefficient (Wildman–Crippen LogP) is 3.22. The molecule has 45 heavy (non-hydrogen) atoms. The fraction of sp³-hybridized carbons (Fsp3) is 0.324. The zero-order valence-corrected chi connectivity index (χ0v) is 25.2. The van der Waals surface area contributed by atoms with Gasteiger partial charge in [-0.25, -0.2) is 4.79 Å². The standard InChI is InChI=1S/C34H35N3O8/c1-41-26-14-10-24(11-15-26)34(23-8-5-4-6-9-23,25-12-16-27(42-2)17-13-25)44-22-28-30(39)31(43-3)32(45-28)37-21-18-29(38)36(33(37)40)20-7-19-35/h4-6,8-18,21,28,30-32,39H,7,20,22H2,1-3H3/t28-,30?,31+,32-/m1/s1. The minimum Gasteiger partial charge on any atom is -0.497 e. The molecule has 1 unspecified atom stereocenters. The molecule has 0 spiro atoms. The first-order valence-electron chi connectivity index (χ1n) is 14.4. The fourth-order valence-electron chi connectivity index (χ4n) is 5.71. The van der Waals surface area contributed by atoms with Gasteiger partial charge in [-0.1, -0.05) is 54.6 Å². The molecule has 11 heteroatoms. The predicted molar refractivity (Wildman–Crippen MR) is 164 cm³/mol. The highest BCUT2D eigenvalue weighted by atomic mass is 16.6. The summed E-state index contributed by atoms with van der Waals surface area (Å²) in [7, 11) is 4.61. The number of nitriles is 1. The van der Waals surface area contributed by atoms with Crippen LogP contribution in [0.1, 0.15) is 29.3 Å². The Balaban J connectivity index is 1.55. The fourth-order valence-corrected chi connectivity index (χ4v) is 5.71. The summed E-state index contributed by atoms with van der Waals surface area (Å²) in [6.07, 6.45) is -2.84. The van der Waals surface area contributed by atoms with E-state index in [1.807, 2.05) is 84.9 Å². The largest absolute Gasteiger partial charge is 0.497 e. The lowest BCUT2D eigenvalue weighted by Crippen LogP contribution is -2.43. The number of ether oxygens (including phenoxy) is 5. The van der Waals surface area contributed by atoms with Crippen LogP contribution in [0.25, 0.3) is 0 Å². The average Bonchev–Trinajstić information content (AvgIpc) is 3.40. The molecule has 4 atom stereocenters. The summed E-state index contributed by atoms with van der Waals surface area (Å²) in [4.78, 5) is 25.7. The first kappa shape index (κ1) is 31.7. The quantitative estimate of drug-likeness (QED) is 0.239. The van der Waals surface area contributed by atoms with Gasteiger partial charge in [0.15, 0.2) is 6.23 Å². The van der Waals surface area contributed by atoms with Crippen molar-refractivity contribution in [2.24, 2.45) is 0 Å². The molecule has 4 aromatic rings. The van der Waals surface area contributed by atoms with Gasteiger partial charge in [0.25, 0.3) is 5.56 Å². The molecule has 0 radical (unpaired) electrons. The third-order valence-electron chi connectivity index (χ3n) is 8.04. The molecule has 5 rings (SSSR count). The summed E-state index contributed by atoms with van der Waals surface area (Å²) in [5.74, 6) is 1.36. The molecule has 0 bridgehead atoms. The number of aliphatic hydroxyl groups is 1. The number of aliphatic hydroxyl groups excluding tert-OH is 1. The number of hydrogen-bond acceptors (Lipinski definition) is 9. The topological polar surface area (TPSA) is 134 Å². The van der Waals surface area contributed by atoms with Gasteiger partial charge in [-0.15, -0.1) is 0 Å². The minimum atomic E-state index is -1.19. The maximum absolute atomic E-state index is 13.3. The zero-order chi connectivity index (χ0) is 32.0. The van der Waals surface area contributed by atoms with Gasteiger partial charge in [-0.05, 0) is 41.0 Å². The molecular weight excluding hydrogens is 578 g/mol. The molecular formula is C34H35N3O8. The van der Waals surface area contributed by atoms with Crippen molar-refractivity contribution in [3.05, 3.63) is 129 Å². The number of benzene rings is 3. The van der Waals surface area contributed by atoms with E-state index in [2.05, 4.69) is 0 Å². The van der Waals surface area contributed by atoms with Crippen LogP contribution in [-0.4, -0.2) is 60.5 Å². The van der Waals surface area contributed by atoms with Crippen LogP contribution in [0, 0.1) is 11.3 Å². The average molecular weight is 614 g/mol. The normalized spacial score (nSPS) is 19.6. The van der Waals surface area contributed by atoms with E-state index >= 15 is 0 Å². The van der Waals surface area contributed by atoms with Crippen LogP contribution in [0.15, 0.2) is 101 Å². The SMILES string of the molecule is COc1ccc(C(OC[C@H]2O[C@@H](n3ccc(=O)n(CCC#N)c3=O)[C@@H](OC)C2O)(c2ccccc2)c2ccc(OC)cc2)cc1. The van der Waals surface area contributed by atoms with Gasteiger partial charge >= 0.3 is 5.69 Å². The Hall–Kier alpha value is -4.73. The van der Waals surface area contributed by atoms with E-state index < -0.39 is 41.4 Å². The van der Waals surface area contributed by atoms with Gasteiger partial charge in [-0.2, -0.15) is 5.26 Å². The summed E-state index contributed by atoms with van der Waals surface area (Å²) in [5, 5.41) is 20.4. The van der Waals surface area contributed by atoms with Gasteiger partial charge in [0, 0.05) is 25.9 Å². The molecule has 1 aromatic heterocycles. The maximum atomic E-state index is 13.3. The lowest BCUT2D eigenvalue weighted by atomic mass is 9.80. The van der Waals surface area contributed by atoms with E-state index in [1.165, 1.54) is 23.9 Å². The van der Waals surface area contributed by atoms with E-state index in [-0.39, 0.29) is 19.6 Å². The van der Waals surface area contributed by atoms with Crippen molar-refractivity contribution in [2.75, 3.05) is 27.9 Å². The van der Waals surface area contributed by atoms with E-state index in [9.17, 15) is 14.7 Å². The number of aromatic nitrogens is 2. The monoisotopic (exact) mass is 613 g/mol. The van der Waals surface area contributed by atoms with Crippen LogP contribution in [-0.2, 0) is 26.4 Å². The third kappa shape index (κ3) is 6.14. The first-order chi connectivity index (χ1) is 21.9. The van der Waals surface area contributed by atoms with Crippen molar-refractivity contribution in [2.45, 2.75) is 43.1 Å². The van der Waals surface area contributed by atoms with Crippen molar-refractivity contribution >= 4 is 0 Å². The summed E-state index contributed by atoms with van der Waals surface area (Å²) in [6, 6.07) is 28.0. The molecule has 1 aliphatic rings. The lowest BCUT2D eigenvalue weighted by Gasteiger charge is -2.37. The Bertz CT molecular complexity index is 1680. The van der Waals surface area contributed by atoms with Crippen LogP contribution < -0.4 is 20.7 Å². The zero-order valence-electron chi connectivity index (χ0n) is 25.2. The second-order valence-electron chi connectivity index (χ2n) is 10.5. The van der Waals surface area contributed by atoms with Gasteiger partial charge in [0.1, 0.15) is 35.4 Å². The molecule has 234 valence electrons. The highest BCUT2D eigenvalue weighted by Gasteiger charge is 2.47. The maximum Gasteiger partial charge on any atom is 0.333 e. The number of hydrogen-bond donors (Lipinski definition) is 1. The van der Waals surface area contributed by atoms with Crippen molar-refractivity contribution in [1.29, 1.82) is 5.26 Å². The highest BCUT2D eigenvalue weighted by Crippen LogP contribution is 2.43. The van der Waals surface area contributed by atoms with Crippen LogP contribution in [0.5, 0.6) is 11.5 Å². The molecule has 1 N–H and O–H groups in total. The Morgan fingerprint density at radius 1 is 0.867 bits per heavy atom. The molecule has 1 fully saturated rings. The highest BCUT2D eigenvalue weighted by molar-refractivity contribution is 5.49. The molecule has 1 saturated heterocycles. The molecule has 3 aromatic carbocycles. The molecule has 0 aliphatic carbocycles. The lowest BCUT2D eigenvalue weighted by molar-refractivity contribution is -0.0969. The summed E-state index contributed by atoms with van der Waals surface area (Å²) in [5.41, 5.74) is 0.0541. The van der Waals surface area contributed by atoms with Crippen LogP contribution in [0.4, 0.5) is 0 Å². The number of nitrogens with zero attached hydrogens (tertiary/aromatic N) is 3. The van der Waals surface area contributed by atoms with Gasteiger partial charge < -0.3 is 28.8 Å². The van der Waals surface area contributed by atoms with Gasteiger partial charge in [0.2, 0.25) is 0 Å². The second-order valence-corrected chi connectivity index (χ2v) is 10.5. The van der Waals surface area contributed by atoms with Crippen molar-refractivity contribution < 1.29 is 28.8 Å². The van der Waals surface area contributed by atoms with E-state index in [4.69, 9.17) is 28.9 Å². The summed E-state index contributed by atoms with van der Waals surface area (Å²) in [6.45, 7) is -0.176. The molecule has 11 nitrogen and oxygen atoms in total. The smallest absolute Gasteiger partial charge is 0.333 e. The van der Waals surface area contributed by atoms with Crippen molar-refractivity contribution in [1.82, 2.24) is 9.13 Å². The van der Waals surface area contributed by atoms with E-state index in [0.717, 1.165) is 21.3 Å². The van der Waals surface area contributed by atoms with Gasteiger partial charge in [0.05, 0.1) is 33.3 Å². The summed E-state index contributed by atoms with van der Waals surface area (Å²) < 4.78 is 31.8. The number of methoxy groups -OCH3 is 3. The first-order valence-corrected chi connectivity index (χ1v) is 14.4. The summed E-state index contributed by atoms with van der Waals surface area (Å²) >= 11 is 0. The minimum absolute atomic E-state index is 0.0181. The van der Waals surface area contributed by atoms with Crippen LogP contribution >= 0.6 is 0 Å². The van der Waals surface area contributed by atoms with Crippen LogP contribution in [0.3, 0.4) is 0 Å². The molecule has 2 heterocycles. The Labute approximate surface area is 260 Å². The third-order valence-corrected chi connectivity index (χ3v) is 8.04. The Morgan fingerprint density at radius 3 is 1.98 bits per heavy atom. The van der Waals surface area contributed by atoms with Crippen LogP contribution in [0.2, 0.25) is 0 Å². The molecule has 1 aliphatic heterocycles. The number of rotatable bonds is 12. The molecule has 0 amide bonds. The van der Waals surface area contributed by atoms with Gasteiger partial charge in [-0.3, -0.25) is 13.9 Å². The van der Waals surface area contributed by atoms with E-state index in [1.54, 1.807) is 14.2 Å². The van der Waals surface area contributed by atoms with Crippen molar-refractivity contribution in [3.63, 3.8) is 0 Å².